The largest absolute Gasteiger partial charge is 0.350 e. The molecule has 1 aromatic heterocycles. The van der Waals surface area contributed by atoms with Crippen molar-refractivity contribution in [2.75, 3.05) is 18.4 Å². The number of hydrogen-bond acceptors (Lipinski definition) is 4. The summed E-state index contributed by atoms with van der Waals surface area (Å²) in [7, 11) is 0. The number of aromatic nitrogens is 2. The smallest absolute Gasteiger partial charge is 0.256 e. The predicted molar refractivity (Wildman–Crippen MR) is 104 cm³/mol. The summed E-state index contributed by atoms with van der Waals surface area (Å²) in [5.74, 6) is 1.23. The maximum Gasteiger partial charge on any atom is 0.256 e. The van der Waals surface area contributed by atoms with Gasteiger partial charge in [-0.25, -0.2) is 9.97 Å². The average molecular weight is 352 g/mol. The molecule has 1 aromatic carbocycles. The van der Waals surface area contributed by atoms with Gasteiger partial charge in [0.15, 0.2) is 0 Å². The minimum Gasteiger partial charge on any atom is -0.350 e. The van der Waals surface area contributed by atoms with E-state index in [0.29, 0.717) is 17.4 Å². The highest BCUT2D eigenvalue weighted by Crippen LogP contribution is 2.22. The first-order valence-corrected chi connectivity index (χ1v) is 9.34. The average Bonchev–Trinajstić information content (AvgIpc) is 2.62. The van der Waals surface area contributed by atoms with Crippen LogP contribution in [0, 0.1) is 5.92 Å². The van der Waals surface area contributed by atoms with E-state index in [9.17, 15) is 4.79 Å². The lowest BCUT2D eigenvalue weighted by molar-refractivity contribution is 0.0689. The summed E-state index contributed by atoms with van der Waals surface area (Å²) in [6.45, 7) is 7.76. The fourth-order valence-electron chi connectivity index (χ4n) is 3.31. The van der Waals surface area contributed by atoms with Gasteiger partial charge < -0.3 is 10.2 Å². The van der Waals surface area contributed by atoms with Crippen molar-refractivity contribution < 1.29 is 4.79 Å². The molecule has 1 N–H and O–H groups in total. The van der Waals surface area contributed by atoms with Crippen LogP contribution in [-0.4, -0.2) is 39.4 Å². The van der Waals surface area contributed by atoms with Crippen LogP contribution in [-0.2, 0) is 6.42 Å². The quantitative estimate of drug-likeness (QED) is 0.910. The van der Waals surface area contributed by atoms with Crippen LogP contribution in [0.1, 0.15) is 49.5 Å². The molecule has 0 saturated carbocycles. The van der Waals surface area contributed by atoms with Crippen LogP contribution in [0.3, 0.4) is 0 Å². The number of amides is 1. The fraction of sp³-hybridized carbons (Fsp3) is 0.476. The highest BCUT2D eigenvalue weighted by molar-refractivity contribution is 5.93. The zero-order valence-corrected chi connectivity index (χ0v) is 15.9. The number of piperidine rings is 1. The van der Waals surface area contributed by atoms with Crippen molar-refractivity contribution in [1.82, 2.24) is 14.9 Å². The zero-order chi connectivity index (χ0) is 18.6. The molecular formula is C21H28N4O. The Morgan fingerprint density at radius 3 is 2.31 bits per heavy atom. The summed E-state index contributed by atoms with van der Waals surface area (Å²) in [4.78, 5) is 23.2. The number of rotatable bonds is 4. The summed E-state index contributed by atoms with van der Waals surface area (Å²) in [6.07, 6.45) is 6.44. The third-order valence-electron chi connectivity index (χ3n) is 4.65. The number of carbonyl (C=O) groups excluding carboxylic acids is 1. The third kappa shape index (κ3) is 5.04. The maximum atomic E-state index is 12.7. The van der Waals surface area contributed by atoms with Crippen LogP contribution in [0.5, 0.6) is 0 Å². The third-order valence-corrected chi connectivity index (χ3v) is 4.65. The summed E-state index contributed by atoms with van der Waals surface area (Å²) in [5, 5.41) is 3.21. The summed E-state index contributed by atoms with van der Waals surface area (Å²) in [5.41, 5.74) is 1.84. The van der Waals surface area contributed by atoms with E-state index in [-0.39, 0.29) is 11.4 Å². The van der Waals surface area contributed by atoms with Gasteiger partial charge in [-0.3, -0.25) is 4.79 Å². The Bertz CT molecular complexity index is 714. The summed E-state index contributed by atoms with van der Waals surface area (Å²) < 4.78 is 0. The lowest BCUT2D eigenvalue weighted by atomic mass is 9.90. The molecule has 2 aromatic rings. The zero-order valence-electron chi connectivity index (χ0n) is 15.9. The van der Waals surface area contributed by atoms with Crippen molar-refractivity contribution >= 4 is 11.9 Å². The molecule has 1 aliphatic rings. The number of benzene rings is 1. The molecule has 0 bridgehead atoms. The summed E-state index contributed by atoms with van der Waals surface area (Å²) >= 11 is 0. The van der Waals surface area contributed by atoms with Crippen LogP contribution in [0.4, 0.5) is 5.95 Å². The number of nitrogens with zero attached hydrogens (tertiary/aromatic N) is 3. The van der Waals surface area contributed by atoms with Crippen molar-refractivity contribution in [3.63, 3.8) is 0 Å². The van der Waals surface area contributed by atoms with Gasteiger partial charge in [-0.1, -0.05) is 30.3 Å². The van der Waals surface area contributed by atoms with Gasteiger partial charge in [-0.15, -0.1) is 0 Å². The van der Waals surface area contributed by atoms with Crippen LogP contribution in [0.25, 0.3) is 0 Å². The molecule has 1 fully saturated rings. The van der Waals surface area contributed by atoms with Crippen molar-refractivity contribution in [3.05, 3.63) is 53.9 Å². The topological polar surface area (TPSA) is 58.1 Å². The van der Waals surface area contributed by atoms with Gasteiger partial charge in [-0.2, -0.15) is 0 Å². The van der Waals surface area contributed by atoms with Gasteiger partial charge in [0.2, 0.25) is 5.95 Å². The number of anilines is 1. The van der Waals surface area contributed by atoms with Crippen molar-refractivity contribution in [2.24, 2.45) is 5.92 Å². The van der Waals surface area contributed by atoms with Gasteiger partial charge >= 0.3 is 0 Å². The normalized spacial score (nSPS) is 15.7. The second-order valence-electron chi connectivity index (χ2n) is 8.10. The first-order chi connectivity index (χ1) is 12.4. The monoisotopic (exact) mass is 352 g/mol. The standard InChI is InChI=1S/C21H28N4O/c1-21(2,3)24-20-22-14-18(15-23-20)19(26)25-11-9-17(10-12-25)13-16-7-5-4-6-8-16/h4-8,14-15,17H,9-13H2,1-3H3,(H,22,23,24). The molecule has 2 heterocycles. The van der Waals surface area contributed by atoms with E-state index in [0.717, 1.165) is 32.4 Å². The predicted octanol–water partition coefficient (Wildman–Crippen LogP) is 3.78. The Hall–Kier alpha value is -2.43. The van der Waals surface area contributed by atoms with E-state index in [1.54, 1.807) is 12.4 Å². The van der Waals surface area contributed by atoms with Crippen LogP contribution < -0.4 is 5.32 Å². The van der Waals surface area contributed by atoms with Gasteiger partial charge in [-0.05, 0) is 51.5 Å². The SMILES string of the molecule is CC(C)(C)Nc1ncc(C(=O)N2CCC(Cc3ccccc3)CC2)cn1. The highest BCUT2D eigenvalue weighted by atomic mass is 16.2. The lowest BCUT2D eigenvalue weighted by Crippen LogP contribution is -2.39. The van der Waals surface area contributed by atoms with E-state index < -0.39 is 0 Å². The van der Waals surface area contributed by atoms with E-state index in [1.807, 2.05) is 4.90 Å². The molecule has 5 heteroatoms. The second-order valence-corrected chi connectivity index (χ2v) is 8.10. The van der Waals surface area contributed by atoms with Gasteiger partial charge in [0.25, 0.3) is 5.91 Å². The fourth-order valence-corrected chi connectivity index (χ4v) is 3.31. The van der Waals surface area contributed by atoms with Gasteiger partial charge in [0.05, 0.1) is 5.56 Å². The molecule has 0 spiro atoms. The molecule has 26 heavy (non-hydrogen) atoms. The molecule has 5 nitrogen and oxygen atoms in total. The van der Waals surface area contributed by atoms with Crippen molar-refractivity contribution in [3.8, 4) is 0 Å². The second kappa shape index (κ2) is 7.85. The number of hydrogen-bond donors (Lipinski definition) is 1. The lowest BCUT2D eigenvalue weighted by Gasteiger charge is -2.32. The Morgan fingerprint density at radius 2 is 1.73 bits per heavy atom. The molecule has 1 aliphatic heterocycles. The van der Waals surface area contributed by atoms with Crippen molar-refractivity contribution in [1.29, 1.82) is 0 Å². The molecule has 0 unspecified atom stereocenters. The number of nitrogens with one attached hydrogen (secondary N) is 1. The number of likely N-dealkylation sites (tertiary alicyclic amines) is 1. The molecule has 0 aliphatic carbocycles. The van der Waals surface area contributed by atoms with Crippen LogP contribution in [0.2, 0.25) is 0 Å². The van der Waals surface area contributed by atoms with Crippen LogP contribution >= 0.6 is 0 Å². The molecule has 0 atom stereocenters. The van der Waals surface area contributed by atoms with E-state index in [4.69, 9.17) is 0 Å². The van der Waals surface area contributed by atoms with E-state index >= 15 is 0 Å². The Kier molecular flexibility index (Phi) is 5.55. The number of carbonyl (C=O) groups is 1. The molecule has 1 saturated heterocycles. The Morgan fingerprint density at radius 1 is 1.12 bits per heavy atom. The minimum atomic E-state index is -0.105. The maximum absolute atomic E-state index is 12.7. The van der Waals surface area contributed by atoms with E-state index in [2.05, 4.69) is 66.4 Å². The van der Waals surface area contributed by atoms with E-state index in [1.165, 1.54) is 5.56 Å². The summed E-state index contributed by atoms with van der Waals surface area (Å²) in [6, 6.07) is 10.6. The minimum absolute atomic E-state index is 0.0328. The molecule has 138 valence electrons. The van der Waals surface area contributed by atoms with Gasteiger partial charge in [0, 0.05) is 31.0 Å². The Balaban J connectivity index is 1.53. The molecule has 1 amide bonds. The van der Waals surface area contributed by atoms with Crippen LogP contribution in [0.15, 0.2) is 42.7 Å². The van der Waals surface area contributed by atoms with Crippen molar-refractivity contribution in [2.45, 2.75) is 45.6 Å². The first-order valence-electron chi connectivity index (χ1n) is 9.34. The molecule has 3 rings (SSSR count). The molecular weight excluding hydrogens is 324 g/mol. The Labute approximate surface area is 155 Å². The first kappa shape index (κ1) is 18.4. The van der Waals surface area contributed by atoms with Gasteiger partial charge in [0.1, 0.15) is 0 Å². The molecule has 0 radical (unpaired) electrons. The highest BCUT2D eigenvalue weighted by Gasteiger charge is 2.24.